The highest BCUT2D eigenvalue weighted by Gasteiger charge is 2.25. The minimum absolute atomic E-state index is 0.707. The molecule has 0 spiro atoms. The van der Waals surface area contributed by atoms with Crippen LogP contribution >= 0.6 is 0 Å². The molecular formula is C16H29N. The summed E-state index contributed by atoms with van der Waals surface area (Å²) in [4.78, 5) is 0. The van der Waals surface area contributed by atoms with Crippen molar-refractivity contribution in [2.45, 2.75) is 77.2 Å². The van der Waals surface area contributed by atoms with Crippen molar-refractivity contribution in [3.8, 4) is 0 Å². The third kappa shape index (κ3) is 3.84. The Morgan fingerprint density at radius 2 is 1.88 bits per heavy atom. The molecule has 0 amide bonds. The number of hydrogen-bond acceptors (Lipinski definition) is 1. The van der Waals surface area contributed by atoms with E-state index >= 15 is 0 Å². The summed E-state index contributed by atoms with van der Waals surface area (Å²) in [5.74, 6) is 0.918. The first-order valence-corrected chi connectivity index (χ1v) is 7.84. The molecule has 1 fully saturated rings. The van der Waals surface area contributed by atoms with Crippen molar-refractivity contribution in [3.05, 3.63) is 11.6 Å². The first-order valence-electron chi connectivity index (χ1n) is 7.84. The highest BCUT2D eigenvalue weighted by molar-refractivity contribution is 5.15. The maximum atomic E-state index is 3.78. The molecule has 0 saturated heterocycles. The molecule has 0 aromatic carbocycles. The SMILES string of the molecule is CCNC(C1=CCCCC1)C1CCCCCC1. The maximum Gasteiger partial charge on any atom is 0.0307 e. The largest absolute Gasteiger partial charge is 0.310 e. The quantitative estimate of drug-likeness (QED) is 0.561. The van der Waals surface area contributed by atoms with Crippen molar-refractivity contribution in [1.29, 1.82) is 0 Å². The molecule has 0 aliphatic heterocycles. The van der Waals surface area contributed by atoms with Crippen LogP contribution in [0.25, 0.3) is 0 Å². The van der Waals surface area contributed by atoms with Gasteiger partial charge in [0, 0.05) is 6.04 Å². The van der Waals surface area contributed by atoms with Crippen molar-refractivity contribution >= 4 is 0 Å². The Hall–Kier alpha value is -0.300. The number of nitrogens with one attached hydrogen (secondary N) is 1. The van der Waals surface area contributed by atoms with Crippen LogP contribution in [0.4, 0.5) is 0 Å². The van der Waals surface area contributed by atoms with Crippen molar-refractivity contribution < 1.29 is 0 Å². The van der Waals surface area contributed by atoms with E-state index in [-0.39, 0.29) is 0 Å². The minimum Gasteiger partial charge on any atom is -0.310 e. The molecule has 0 radical (unpaired) electrons. The summed E-state index contributed by atoms with van der Waals surface area (Å²) in [5, 5.41) is 3.78. The first-order chi connectivity index (χ1) is 8.42. The van der Waals surface area contributed by atoms with Gasteiger partial charge in [0.15, 0.2) is 0 Å². The van der Waals surface area contributed by atoms with Crippen molar-refractivity contribution in [2.75, 3.05) is 6.54 Å². The fourth-order valence-electron chi connectivity index (χ4n) is 3.61. The van der Waals surface area contributed by atoms with Crippen molar-refractivity contribution in [1.82, 2.24) is 5.32 Å². The number of allylic oxidation sites excluding steroid dienone is 1. The molecule has 1 saturated carbocycles. The van der Waals surface area contributed by atoms with Gasteiger partial charge in [0.25, 0.3) is 0 Å². The number of hydrogen-bond donors (Lipinski definition) is 1. The number of rotatable bonds is 4. The third-order valence-electron chi connectivity index (χ3n) is 4.52. The van der Waals surface area contributed by atoms with Gasteiger partial charge in [0.1, 0.15) is 0 Å². The average Bonchev–Trinajstić information content (AvgIpc) is 2.66. The fourth-order valence-corrected chi connectivity index (χ4v) is 3.61. The molecule has 1 heteroatoms. The van der Waals surface area contributed by atoms with Crippen molar-refractivity contribution in [2.24, 2.45) is 5.92 Å². The first kappa shape index (κ1) is 13.1. The smallest absolute Gasteiger partial charge is 0.0307 e. The van der Waals surface area contributed by atoms with Crippen LogP contribution in [0, 0.1) is 5.92 Å². The molecular weight excluding hydrogens is 206 g/mol. The maximum absolute atomic E-state index is 3.78. The lowest BCUT2D eigenvalue weighted by Gasteiger charge is -2.31. The van der Waals surface area contributed by atoms with Gasteiger partial charge in [0.2, 0.25) is 0 Å². The molecule has 0 bridgehead atoms. The van der Waals surface area contributed by atoms with E-state index in [1.165, 1.54) is 64.2 Å². The van der Waals surface area contributed by atoms with Gasteiger partial charge in [0.05, 0.1) is 0 Å². The Balaban J connectivity index is 2.01. The summed E-state index contributed by atoms with van der Waals surface area (Å²) in [6.45, 7) is 3.38. The Labute approximate surface area is 107 Å². The Bertz CT molecular complexity index is 236. The molecule has 2 rings (SSSR count). The molecule has 1 unspecified atom stereocenters. The molecule has 17 heavy (non-hydrogen) atoms. The lowest BCUT2D eigenvalue weighted by molar-refractivity contribution is 0.347. The Morgan fingerprint density at radius 3 is 2.47 bits per heavy atom. The van der Waals surface area contributed by atoms with Crippen LogP contribution in [0.5, 0.6) is 0 Å². The molecule has 98 valence electrons. The highest BCUT2D eigenvalue weighted by atomic mass is 14.9. The van der Waals surface area contributed by atoms with Gasteiger partial charge in [-0.15, -0.1) is 0 Å². The minimum atomic E-state index is 0.707. The molecule has 0 heterocycles. The average molecular weight is 235 g/mol. The zero-order chi connectivity index (χ0) is 11.9. The standard InChI is InChI=1S/C16H29N/c1-2-17-16(15-12-8-5-9-13-15)14-10-6-3-4-7-11-14/h12,14,16-17H,2-11,13H2,1H3. The summed E-state index contributed by atoms with van der Waals surface area (Å²) in [5.41, 5.74) is 1.74. The van der Waals surface area contributed by atoms with Crippen LogP contribution < -0.4 is 5.32 Å². The van der Waals surface area contributed by atoms with Crippen molar-refractivity contribution in [3.63, 3.8) is 0 Å². The van der Waals surface area contributed by atoms with E-state index < -0.39 is 0 Å². The normalized spacial score (nSPS) is 25.1. The van der Waals surface area contributed by atoms with E-state index in [0.29, 0.717) is 6.04 Å². The highest BCUT2D eigenvalue weighted by Crippen LogP contribution is 2.32. The summed E-state index contributed by atoms with van der Waals surface area (Å²) in [6.07, 6.45) is 16.8. The van der Waals surface area contributed by atoms with Gasteiger partial charge < -0.3 is 5.32 Å². The van der Waals surface area contributed by atoms with Crippen LogP contribution in [0.2, 0.25) is 0 Å². The van der Waals surface area contributed by atoms with Crippen LogP contribution in [0.1, 0.15) is 71.1 Å². The van der Waals surface area contributed by atoms with E-state index in [1.54, 1.807) is 5.57 Å². The van der Waals surface area contributed by atoms with Gasteiger partial charge in [-0.3, -0.25) is 0 Å². The van der Waals surface area contributed by atoms with Crippen LogP contribution in [-0.4, -0.2) is 12.6 Å². The van der Waals surface area contributed by atoms with Crippen LogP contribution in [0.15, 0.2) is 11.6 Å². The summed E-state index contributed by atoms with van der Waals surface area (Å²) < 4.78 is 0. The lowest BCUT2D eigenvalue weighted by atomic mass is 9.82. The van der Waals surface area contributed by atoms with E-state index in [1.807, 2.05) is 0 Å². The molecule has 2 aliphatic carbocycles. The van der Waals surface area contributed by atoms with Crippen LogP contribution in [0.3, 0.4) is 0 Å². The van der Waals surface area contributed by atoms with E-state index in [0.717, 1.165) is 12.5 Å². The van der Waals surface area contributed by atoms with E-state index in [9.17, 15) is 0 Å². The Morgan fingerprint density at radius 1 is 1.12 bits per heavy atom. The molecule has 0 aromatic heterocycles. The second kappa shape index (κ2) is 7.20. The second-order valence-corrected chi connectivity index (χ2v) is 5.81. The lowest BCUT2D eigenvalue weighted by Crippen LogP contribution is -2.38. The molecule has 0 aromatic rings. The van der Waals surface area contributed by atoms with Gasteiger partial charge >= 0.3 is 0 Å². The third-order valence-corrected chi connectivity index (χ3v) is 4.52. The number of likely N-dealkylation sites (N-methyl/N-ethyl adjacent to an activating group) is 1. The van der Waals surface area contributed by atoms with E-state index in [2.05, 4.69) is 18.3 Å². The summed E-state index contributed by atoms with van der Waals surface area (Å²) >= 11 is 0. The predicted octanol–water partition coefficient (Wildman–Crippen LogP) is 4.44. The van der Waals surface area contributed by atoms with Gasteiger partial charge in [-0.05, 0) is 51.0 Å². The van der Waals surface area contributed by atoms with Gasteiger partial charge in [-0.2, -0.15) is 0 Å². The molecule has 2 aliphatic rings. The van der Waals surface area contributed by atoms with Crippen LogP contribution in [-0.2, 0) is 0 Å². The summed E-state index contributed by atoms with van der Waals surface area (Å²) in [7, 11) is 0. The zero-order valence-electron chi connectivity index (χ0n) is 11.5. The van der Waals surface area contributed by atoms with Gasteiger partial charge in [-0.1, -0.05) is 44.3 Å². The monoisotopic (exact) mass is 235 g/mol. The fraction of sp³-hybridized carbons (Fsp3) is 0.875. The van der Waals surface area contributed by atoms with Gasteiger partial charge in [-0.25, -0.2) is 0 Å². The topological polar surface area (TPSA) is 12.0 Å². The second-order valence-electron chi connectivity index (χ2n) is 5.81. The molecule has 1 nitrogen and oxygen atoms in total. The zero-order valence-corrected chi connectivity index (χ0v) is 11.5. The summed E-state index contributed by atoms with van der Waals surface area (Å²) in [6, 6.07) is 0.707. The molecule has 1 atom stereocenters. The Kier molecular flexibility index (Phi) is 5.57. The molecule has 1 N–H and O–H groups in total. The predicted molar refractivity (Wildman–Crippen MR) is 75.2 cm³/mol. The van der Waals surface area contributed by atoms with E-state index in [4.69, 9.17) is 0 Å².